The molecule has 0 radical (unpaired) electrons. The monoisotopic (exact) mass is 381 g/mol. The highest BCUT2D eigenvalue weighted by molar-refractivity contribution is 8.00. The minimum atomic E-state index is -3.89. The second kappa shape index (κ2) is 6.63. The van der Waals surface area contributed by atoms with Crippen LogP contribution in [0.2, 0.25) is 0 Å². The number of hydrogen-bond acceptors (Lipinski definition) is 4. The maximum Gasteiger partial charge on any atom is 0.247 e. The summed E-state index contributed by atoms with van der Waals surface area (Å²) in [6.07, 6.45) is 0. The summed E-state index contributed by atoms with van der Waals surface area (Å²) in [5, 5.41) is 0. The first kappa shape index (κ1) is 16.9. The summed E-state index contributed by atoms with van der Waals surface area (Å²) in [5.74, 6) is -0.997. The number of hydrogen-bond donors (Lipinski definition) is 0. The van der Waals surface area contributed by atoms with Crippen molar-refractivity contribution in [2.75, 3.05) is 10.1 Å². The van der Waals surface area contributed by atoms with Gasteiger partial charge >= 0.3 is 0 Å². The normalized spacial score (nSPS) is 13.0. The lowest BCUT2D eigenvalue weighted by atomic mass is 10.2. The zero-order chi connectivity index (χ0) is 18.1. The van der Waals surface area contributed by atoms with Gasteiger partial charge in [-0.3, -0.25) is 4.79 Å². The molecule has 0 spiro atoms. The average Bonchev–Trinajstić information content (AvgIpc) is 2.66. The Morgan fingerprint density at radius 1 is 0.769 bits per heavy atom. The quantitative estimate of drug-likeness (QED) is 0.624. The van der Waals surface area contributed by atoms with E-state index in [1.54, 1.807) is 54.6 Å². The number of para-hydroxylation sites is 2. The summed E-state index contributed by atoms with van der Waals surface area (Å²) in [6.45, 7) is 0. The van der Waals surface area contributed by atoms with Gasteiger partial charge in [-0.2, -0.15) is 0 Å². The summed E-state index contributed by atoms with van der Waals surface area (Å²) in [4.78, 5) is 14.2. The number of nitrogens with zero attached hydrogens (tertiary/aromatic N) is 1. The number of benzene rings is 3. The molecule has 0 atom stereocenters. The smallest absolute Gasteiger partial charge is 0.247 e. The molecule has 0 aromatic heterocycles. The van der Waals surface area contributed by atoms with Gasteiger partial charge in [0.15, 0.2) is 5.78 Å². The van der Waals surface area contributed by atoms with E-state index in [1.165, 1.54) is 16.1 Å². The first-order chi connectivity index (χ1) is 12.6. The molecule has 0 bridgehead atoms. The molecule has 0 saturated heterocycles. The Kier molecular flexibility index (Phi) is 4.30. The second-order valence-electron chi connectivity index (χ2n) is 5.85. The van der Waals surface area contributed by atoms with Gasteiger partial charge in [0.05, 0.1) is 11.4 Å². The fourth-order valence-electron chi connectivity index (χ4n) is 2.91. The molecule has 0 aliphatic carbocycles. The number of ketones is 1. The first-order valence-corrected chi connectivity index (χ1v) is 10.5. The van der Waals surface area contributed by atoms with Gasteiger partial charge in [0, 0.05) is 15.4 Å². The Hall–Kier alpha value is -2.57. The van der Waals surface area contributed by atoms with Crippen LogP contribution < -0.4 is 4.31 Å². The molecule has 26 heavy (non-hydrogen) atoms. The highest BCUT2D eigenvalue weighted by atomic mass is 32.2. The van der Waals surface area contributed by atoms with Crippen LogP contribution in [-0.4, -0.2) is 20.0 Å². The number of anilines is 2. The lowest BCUT2D eigenvalue weighted by molar-refractivity contribution is 0.102. The molecule has 0 N–H and O–H groups in total. The van der Waals surface area contributed by atoms with Crippen molar-refractivity contribution in [2.24, 2.45) is 0 Å². The molecular formula is C20H15NO3S2. The topological polar surface area (TPSA) is 54.5 Å². The number of fused-ring (bicyclic) bond motifs is 2. The minimum absolute atomic E-state index is 0.393. The van der Waals surface area contributed by atoms with Gasteiger partial charge in [0.1, 0.15) is 5.75 Å². The zero-order valence-corrected chi connectivity index (χ0v) is 15.3. The standard InChI is InChI=1S/C20H15NO3S2/c22-18(15-8-2-1-3-9-15)14-26(23,24)21-16-10-4-6-12-19(16)25-20-13-7-5-11-17(20)21/h1-13H,14H2. The Labute approximate surface area is 156 Å². The third-order valence-corrected chi connectivity index (χ3v) is 6.78. The van der Waals surface area contributed by atoms with Crippen molar-refractivity contribution in [1.82, 2.24) is 0 Å². The summed E-state index contributed by atoms with van der Waals surface area (Å²) < 4.78 is 27.7. The number of Topliss-reactive ketones (excluding diaryl/α,β-unsaturated/α-hetero) is 1. The summed E-state index contributed by atoms with van der Waals surface area (Å²) in [6, 6.07) is 23.2. The number of rotatable bonds is 4. The molecule has 1 aliphatic rings. The third kappa shape index (κ3) is 3.02. The minimum Gasteiger partial charge on any atom is -0.293 e. The van der Waals surface area contributed by atoms with Crippen LogP contribution in [0.5, 0.6) is 0 Å². The Morgan fingerprint density at radius 3 is 1.85 bits per heavy atom. The van der Waals surface area contributed by atoms with Crippen molar-refractivity contribution in [2.45, 2.75) is 9.79 Å². The summed E-state index contributed by atoms with van der Waals surface area (Å²) in [5.41, 5.74) is 1.55. The van der Waals surface area contributed by atoms with Crippen LogP contribution in [0.25, 0.3) is 0 Å². The molecule has 3 aromatic rings. The van der Waals surface area contributed by atoms with Crippen LogP contribution in [0, 0.1) is 0 Å². The lowest BCUT2D eigenvalue weighted by Crippen LogP contribution is -2.33. The second-order valence-corrected chi connectivity index (χ2v) is 8.75. The molecule has 1 heterocycles. The molecule has 4 rings (SSSR count). The van der Waals surface area contributed by atoms with Crippen molar-refractivity contribution >= 4 is 38.9 Å². The van der Waals surface area contributed by atoms with E-state index >= 15 is 0 Å². The van der Waals surface area contributed by atoms with Gasteiger partial charge in [-0.15, -0.1) is 0 Å². The van der Waals surface area contributed by atoms with Gasteiger partial charge in [0.25, 0.3) is 0 Å². The van der Waals surface area contributed by atoms with E-state index in [9.17, 15) is 13.2 Å². The van der Waals surface area contributed by atoms with E-state index in [2.05, 4.69) is 0 Å². The Bertz CT molecular complexity index is 1030. The molecule has 0 saturated carbocycles. The predicted octanol–water partition coefficient (Wildman–Crippen LogP) is 4.50. The molecular weight excluding hydrogens is 366 g/mol. The van der Waals surface area contributed by atoms with Crippen LogP contribution in [0.4, 0.5) is 11.4 Å². The van der Waals surface area contributed by atoms with Crippen molar-refractivity contribution in [3.05, 3.63) is 84.4 Å². The predicted molar refractivity (Wildman–Crippen MR) is 104 cm³/mol. The molecule has 0 unspecified atom stereocenters. The maximum absolute atomic E-state index is 13.2. The first-order valence-electron chi connectivity index (χ1n) is 8.03. The van der Waals surface area contributed by atoms with Gasteiger partial charge in [-0.05, 0) is 24.3 Å². The molecule has 6 heteroatoms. The third-order valence-electron chi connectivity index (χ3n) is 4.08. The highest BCUT2D eigenvalue weighted by Crippen LogP contribution is 2.49. The van der Waals surface area contributed by atoms with Gasteiger partial charge in [-0.25, -0.2) is 12.7 Å². The van der Waals surface area contributed by atoms with Crippen LogP contribution in [0.3, 0.4) is 0 Å². The largest absolute Gasteiger partial charge is 0.293 e. The number of carbonyl (C=O) groups is 1. The van der Waals surface area contributed by atoms with Crippen LogP contribution in [0.15, 0.2) is 88.7 Å². The zero-order valence-electron chi connectivity index (χ0n) is 13.7. The van der Waals surface area contributed by atoms with Crippen molar-refractivity contribution in [3.63, 3.8) is 0 Å². The summed E-state index contributed by atoms with van der Waals surface area (Å²) in [7, 11) is -3.89. The number of sulfonamides is 1. The fraction of sp³-hybridized carbons (Fsp3) is 0.0500. The summed E-state index contributed by atoms with van der Waals surface area (Å²) >= 11 is 1.53. The van der Waals surface area contributed by atoms with E-state index in [0.29, 0.717) is 16.9 Å². The van der Waals surface area contributed by atoms with Crippen molar-refractivity contribution < 1.29 is 13.2 Å². The Balaban J connectivity index is 1.78. The fourth-order valence-corrected chi connectivity index (χ4v) is 5.63. The number of carbonyl (C=O) groups excluding carboxylic acids is 1. The Morgan fingerprint density at radius 2 is 1.27 bits per heavy atom. The molecule has 1 aliphatic heterocycles. The van der Waals surface area contributed by atoms with Gasteiger partial charge < -0.3 is 0 Å². The molecule has 0 fully saturated rings. The molecule has 130 valence electrons. The van der Waals surface area contributed by atoms with Crippen LogP contribution in [0.1, 0.15) is 10.4 Å². The van der Waals surface area contributed by atoms with E-state index in [0.717, 1.165) is 9.79 Å². The molecule has 4 nitrogen and oxygen atoms in total. The van der Waals surface area contributed by atoms with E-state index in [-0.39, 0.29) is 0 Å². The molecule has 3 aromatic carbocycles. The average molecular weight is 381 g/mol. The van der Waals surface area contributed by atoms with Gasteiger partial charge in [-0.1, -0.05) is 66.4 Å². The van der Waals surface area contributed by atoms with Crippen LogP contribution in [-0.2, 0) is 10.0 Å². The van der Waals surface area contributed by atoms with E-state index in [4.69, 9.17) is 0 Å². The van der Waals surface area contributed by atoms with Gasteiger partial charge in [0.2, 0.25) is 10.0 Å². The van der Waals surface area contributed by atoms with Crippen molar-refractivity contribution in [3.8, 4) is 0 Å². The maximum atomic E-state index is 13.2. The lowest BCUT2D eigenvalue weighted by Gasteiger charge is -2.31. The van der Waals surface area contributed by atoms with Crippen molar-refractivity contribution in [1.29, 1.82) is 0 Å². The highest BCUT2D eigenvalue weighted by Gasteiger charge is 2.33. The van der Waals surface area contributed by atoms with E-state index < -0.39 is 21.6 Å². The molecule has 0 amide bonds. The van der Waals surface area contributed by atoms with E-state index in [1.807, 2.05) is 24.3 Å². The van der Waals surface area contributed by atoms with Crippen LogP contribution >= 0.6 is 11.8 Å². The SMILES string of the molecule is O=C(CS(=O)(=O)N1c2ccccc2Sc2ccccc21)c1ccccc1.